The molecule has 0 aliphatic rings. The molecule has 1 rings (SSSR count). The van der Waals surface area contributed by atoms with E-state index in [4.69, 9.17) is 11.0 Å². The van der Waals surface area contributed by atoms with E-state index in [-0.39, 0.29) is 51.4 Å². The molecular weight excluding hydrogens is 175 g/mol. The summed E-state index contributed by atoms with van der Waals surface area (Å²) in [5.41, 5.74) is 8.37. The summed E-state index contributed by atoms with van der Waals surface area (Å²) >= 11 is 0. The predicted octanol–water partition coefficient (Wildman–Crippen LogP) is -0.751. The normalized spacial score (nSPS) is 6.92. The maximum Gasteiger partial charge on any atom is 1.00 e. The quantitative estimate of drug-likeness (QED) is 0.383. The van der Waals surface area contributed by atoms with Crippen molar-refractivity contribution in [3.63, 3.8) is 0 Å². The molecule has 2 nitrogen and oxygen atoms in total. The van der Waals surface area contributed by atoms with Gasteiger partial charge in [-0.1, -0.05) is 18.1 Å². The van der Waals surface area contributed by atoms with Crippen LogP contribution in [0.2, 0.25) is 0 Å². The molecule has 0 unspecified atom stereocenters. The Hall–Kier alpha value is -0.294. The van der Waals surface area contributed by atoms with Crippen LogP contribution in [0.25, 0.3) is 5.73 Å². The Kier molecular flexibility index (Phi) is 6.09. The van der Waals surface area contributed by atoms with Crippen molar-refractivity contribution in [2.75, 3.05) is 0 Å². The monoisotopic (exact) mass is 180 g/mol. The number of benzene rings is 1. The summed E-state index contributed by atoms with van der Waals surface area (Å²) in [6, 6.07) is 8.43. The van der Waals surface area contributed by atoms with Crippen LogP contribution in [0.15, 0.2) is 24.3 Å². The van der Waals surface area contributed by atoms with E-state index in [9.17, 15) is 0 Å². The van der Waals surface area contributed by atoms with Gasteiger partial charge < -0.3 is 5.73 Å². The van der Waals surface area contributed by atoms with Crippen molar-refractivity contribution in [3.05, 3.63) is 35.6 Å². The molecule has 0 spiro atoms. The number of nitriles is 1. The maximum absolute atomic E-state index is 8.12. The molecule has 0 aromatic heterocycles. The van der Waals surface area contributed by atoms with Crippen LogP contribution < -0.4 is 51.4 Å². The largest absolute Gasteiger partial charge is 1.00 e. The second-order valence-corrected chi connectivity index (χ2v) is 1.94. The topological polar surface area (TPSA) is 47.6 Å². The van der Waals surface area contributed by atoms with Gasteiger partial charge in [0.2, 0.25) is 0 Å². The first-order valence-corrected chi connectivity index (χ1v) is 3.04. The molecular formula is C9H5KN2. The summed E-state index contributed by atoms with van der Waals surface area (Å²) in [6.07, 6.45) is 0. The Labute approximate surface area is 114 Å². The SMILES string of the molecule is N#CC#Cc1ccc([NH-])cc1.[K+]. The molecule has 12 heavy (non-hydrogen) atoms. The van der Waals surface area contributed by atoms with Crippen molar-refractivity contribution < 1.29 is 51.4 Å². The van der Waals surface area contributed by atoms with Gasteiger partial charge in [-0.25, -0.2) is 0 Å². The van der Waals surface area contributed by atoms with E-state index >= 15 is 0 Å². The van der Waals surface area contributed by atoms with Crippen molar-refractivity contribution in [3.8, 4) is 17.9 Å². The molecule has 1 aromatic rings. The third-order valence-corrected chi connectivity index (χ3v) is 1.15. The molecule has 0 fully saturated rings. The Bertz CT molecular complexity index is 338. The molecule has 0 bridgehead atoms. The van der Waals surface area contributed by atoms with Crippen molar-refractivity contribution >= 4 is 5.69 Å². The van der Waals surface area contributed by atoms with Crippen LogP contribution in [0, 0.1) is 23.2 Å². The van der Waals surface area contributed by atoms with Crippen LogP contribution in [-0.4, -0.2) is 0 Å². The second kappa shape index (κ2) is 6.25. The Morgan fingerprint density at radius 1 is 1.17 bits per heavy atom. The first-order chi connectivity index (χ1) is 5.33. The zero-order valence-electron chi connectivity index (χ0n) is 6.76. The van der Waals surface area contributed by atoms with Crippen LogP contribution in [-0.2, 0) is 0 Å². The first kappa shape index (κ1) is 11.7. The number of nitrogens with one attached hydrogen (secondary N) is 1. The molecule has 1 N–H and O–H groups in total. The van der Waals surface area contributed by atoms with E-state index in [0.29, 0.717) is 5.69 Å². The van der Waals surface area contributed by atoms with Gasteiger partial charge in [0.15, 0.2) is 6.07 Å². The van der Waals surface area contributed by atoms with E-state index in [1.54, 1.807) is 30.3 Å². The minimum atomic E-state index is 0. The van der Waals surface area contributed by atoms with Crippen LogP contribution in [0.5, 0.6) is 0 Å². The molecule has 0 saturated carbocycles. The smallest absolute Gasteiger partial charge is 0.699 e. The third-order valence-electron chi connectivity index (χ3n) is 1.15. The number of hydrogen-bond donors (Lipinski definition) is 0. The molecule has 0 radical (unpaired) electrons. The summed E-state index contributed by atoms with van der Waals surface area (Å²) in [5, 5.41) is 8.12. The van der Waals surface area contributed by atoms with E-state index in [0.717, 1.165) is 5.56 Å². The van der Waals surface area contributed by atoms with Gasteiger partial charge in [0.05, 0.1) is 0 Å². The minimum Gasteiger partial charge on any atom is -0.699 e. The Morgan fingerprint density at radius 3 is 2.25 bits per heavy atom. The summed E-state index contributed by atoms with van der Waals surface area (Å²) in [5.74, 6) is 4.91. The molecule has 0 aliphatic carbocycles. The van der Waals surface area contributed by atoms with Crippen molar-refractivity contribution in [1.29, 1.82) is 5.26 Å². The van der Waals surface area contributed by atoms with Crippen LogP contribution in [0.1, 0.15) is 5.56 Å². The molecule has 1 aromatic carbocycles. The summed E-state index contributed by atoms with van der Waals surface area (Å²) in [7, 11) is 0. The summed E-state index contributed by atoms with van der Waals surface area (Å²) < 4.78 is 0. The number of nitrogens with zero attached hydrogens (tertiary/aromatic N) is 1. The van der Waals surface area contributed by atoms with Gasteiger partial charge in [-0.15, -0.1) is 5.69 Å². The van der Waals surface area contributed by atoms with Gasteiger partial charge in [-0.2, -0.15) is 5.26 Å². The van der Waals surface area contributed by atoms with Crippen molar-refractivity contribution in [2.45, 2.75) is 0 Å². The van der Waals surface area contributed by atoms with Gasteiger partial charge in [0, 0.05) is 11.5 Å². The predicted molar refractivity (Wildman–Crippen MR) is 42.9 cm³/mol. The maximum atomic E-state index is 8.12. The van der Waals surface area contributed by atoms with Gasteiger partial charge in [0.25, 0.3) is 0 Å². The fourth-order valence-electron chi connectivity index (χ4n) is 0.654. The van der Waals surface area contributed by atoms with Gasteiger partial charge in [0.1, 0.15) is 0 Å². The first-order valence-electron chi connectivity index (χ1n) is 3.04. The molecule has 0 heterocycles. The van der Waals surface area contributed by atoms with Crippen LogP contribution in [0.3, 0.4) is 0 Å². The fourth-order valence-corrected chi connectivity index (χ4v) is 0.654. The standard InChI is InChI=1S/C9H5N2.K/c10-7-1-2-8-3-5-9(11)6-4-8;/h3-6,11H;/q-1;+1. The summed E-state index contributed by atoms with van der Waals surface area (Å²) in [4.78, 5) is 0. The van der Waals surface area contributed by atoms with E-state index < -0.39 is 0 Å². The van der Waals surface area contributed by atoms with E-state index in [2.05, 4.69) is 11.8 Å². The van der Waals surface area contributed by atoms with Gasteiger partial charge >= 0.3 is 51.4 Å². The third kappa shape index (κ3) is 3.92. The van der Waals surface area contributed by atoms with Gasteiger partial charge in [-0.3, -0.25) is 0 Å². The number of rotatable bonds is 0. The second-order valence-electron chi connectivity index (χ2n) is 1.94. The zero-order chi connectivity index (χ0) is 8.10. The zero-order valence-corrected chi connectivity index (χ0v) is 9.88. The minimum absolute atomic E-state index is 0. The fraction of sp³-hybridized carbons (Fsp3) is 0. The Balaban J connectivity index is 0.00000121. The van der Waals surface area contributed by atoms with Crippen molar-refractivity contribution in [2.24, 2.45) is 0 Å². The van der Waals surface area contributed by atoms with Crippen LogP contribution >= 0.6 is 0 Å². The molecule has 0 amide bonds. The Morgan fingerprint density at radius 2 is 1.75 bits per heavy atom. The van der Waals surface area contributed by atoms with Crippen LogP contribution in [0.4, 0.5) is 5.69 Å². The molecule has 52 valence electrons. The molecule has 0 atom stereocenters. The molecule has 0 aliphatic heterocycles. The average molecular weight is 180 g/mol. The average Bonchev–Trinajstić information content (AvgIpc) is 2.04. The number of hydrogen-bond acceptors (Lipinski definition) is 1. The summed E-state index contributed by atoms with van der Waals surface area (Å²) in [6.45, 7) is 0. The van der Waals surface area contributed by atoms with E-state index in [1.807, 2.05) is 0 Å². The van der Waals surface area contributed by atoms with E-state index in [1.165, 1.54) is 0 Å². The molecule has 3 heteroatoms. The van der Waals surface area contributed by atoms with Crippen molar-refractivity contribution in [1.82, 2.24) is 0 Å². The molecule has 0 saturated heterocycles. The van der Waals surface area contributed by atoms with Gasteiger partial charge in [-0.05, 0) is 12.1 Å².